The fraction of sp³-hybridized carbons (Fsp3) is 0.214. The second-order valence-electron chi connectivity index (χ2n) is 4.64. The molecule has 0 radical (unpaired) electrons. The van der Waals surface area contributed by atoms with Crippen LogP contribution in [0.1, 0.15) is 28.1 Å². The molecular weight excluding hydrogens is 301 g/mol. The number of thiophene rings is 1. The average molecular weight is 312 g/mol. The number of carbonyl (C=O) groups is 1. The van der Waals surface area contributed by atoms with Crippen LogP contribution in [0, 0.1) is 0 Å². The van der Waals surface area contributed by atoms with E-state index in [2.05, 4.69) is 5.32 Å². The molecule has 3 rings (SSSR count). The van der Waals surface area contributed by atoms with Gasteiger partial charge in [0.2, 0.25) is 0 Å². The van der Waals surface area contributed by atoms with E-state index in [-0.39, 0.29) is 11.4 Å². The van der Waals surface area contributed by atoms with Gasteiger partial charge in [-0.3, -0.25) is 4.79 Å². The van der Waals surface area contributed by atoms with Crippen LogP contribution in [0.2, 0.25) is 10.0 Å². The van der Waals surface area contributed by atoms with Gasteiger partial charge in [-0.1, -0.05) is 35.3 Å². The van der Waals surface area contributed by atoms with Crippen LogP contribution in [0.4, 0.5) is 0 Å². The third-order valence-electron chi connectivity index (χ3n) is 3.29. The molecule has 0 aliphatic heterocycles. The Bertz CT molecular complexity index is 620. The molecule has 19 heavy (non-hydrogen) atoms. The molecule has 0 spiro atoms. The first-order valence-electron chi connectivity index (χ1n) is 5.92. The molecule has 1 heterocycles. The monoisotopic (exact) mass is 311 g/mol. The Morgan fingerprint density at radius 3 is 2.63 bits per heavy atom. The maximum absolute atomic E-state index is 12.1. The van der Waals surface area contributed by atoms with Gasteiger partial charge in [-0.05, 0) is 42.0 Å². The van der Waals surface area contributed by atoms with Crippen LogP contribution in [0.25, 0.3) is 0 Å². The van der Waals surface area contributed by atoms with E-state index in [1.807, 2.05) is 23.6 Å². The van der Waals surface area contributed by atoms with Gasteiger partial charge >= 0.3 is 0 Å². The van der Waals surface area contributed by atoms with Crippen LogP contribution in [0.3, 0.4) is 0 Å². The summed E-state index contributed by atoms with van der Waals surface area (Å²) in [6.45, 7) is 0. The van der Waals surface area contributed by atoms with Crippen molar-refractivity contribution in [2.45, 2.75) is 18.4 Å². The van der Waals surface area contributed by atoms with Crippen LogP contribution in [-0.4, -0.2) is 5.91 Å². The lowest BCUT2D eigenvalue weighted by Crippen LogP contribution is -2.34. The maximum Gasteiger partial charge on any atom is 0.262 e. The molecule has 2 nitrogen and oxygen atoms in total. The zero-order valence-corrected chi connectivity index (χ0v) is 12.3. The minimum absolute atomic E-state index is 0.0430. The van der Waals surface area contributed by atoms with Gasteiger partial charge in [0.05, 0.1) is 10.4 Å². The lowest BCUT2D eigenvalue weighted by Gasteiger charge is -2.19. The summed E-state index contributed by atoms with van der Waals surface area (Å²) < 4.78 is 0. The molecule has 1 saturated carbocycles. The van der Waals surface area contributed by atoms with Gasteiger partial charge in [0.1, 0.15) is 0 Å². The minimum atomic E-state index is -0.317. The highest BCUT2D eigenvalue weighted by Gasteiger charge is 2.47. The summed E-state index contributed by atoms with van der Waals surface area (Å²) in [6.07, 6.45) is 1.82. The topological polar surface area (TPSA) is 29.1 Å². The van der Waals surface area contributed by atoms with Crippen LogP contribution in [0.5, 0.6) is 0 Å². The van der Waals surface area contributed by atoms with E-state index >= 15 is 0 Å². The molecule has 1 aliphatic rings. The number of benzene rings is 1. The van der Waals surface area contributed by atoms with Crippen molar-refractivity contribution in [3.05, 3.63) is 56.2 Å². The van der Waals surface area contributed by atoms with Gasteiger partial charge in [-0.2, -0.15) is 0 Å². The summed E-state index contributed by atoms with van der Waals surface area (Å²) in [4.78, 5) is 12.9. The molecule has 0 atom stereocenters. The number of nitrogens with one attached hydrogen (secondary N) is 1. The predicted octanol–water partition coefficient (Wildman–Crippen LogP) is 4.47. The molecule has 98 valence electrons. The Labute approximate surface area is 125 Å². The fourth-order valence-corrected chi connectivity index (χ4v) is 3.36. The molecule has 1 aromatic heterocycles. The van der Waals surface area contributed by atoms with Gasteiger partial charge in [-0.15, -0.1) is 11.3 Å². The second kappa shape index (κ2) is 4.82. The van der Waals surface area contributed by atoms with E-state index in [4.69, 9.17) is 23.2 Å². The van der Waals surface area contributed by atoms with Crippen molar-refractivity contribution in [3.8, 4) is 0 Å². The summed E-state index contributed by atoms with van der Waals surface area (Å²) in [5.41, 5.74) is 0.631. The highest BCUT2D eigenvalue weighted by Crippen LogP contribution is 2.48. The van der Waals surface area contributed by atoms with E-state index < -0.39 is 0 Å². The lowest BCUT2D eigenvalue weighted by molar-refractivity contribution is 0.0935. The van der Waals surface area contributed by atoms with Crippen LogP contribution in [0.15, 0.2) is 35.7 Å². The van der Waals surface area contributed by atoms with Crippen LogP contribution >= 0.6 is 34.5 Å². The first-order valence-corrected chi connectivity index (χ1v) is 7.56. The summed E-state index contributed by atoms with van der Waals surface area (Å²) in [5, 5.41) is 6.20. The number of hydrogen-bond donors (Lipinski definition) is 1. The number of halogens is 2. The van der Waals surface area contributed by atoms with Gasteiger partial charge < -0.3 is 5.32 Å². The second-order valence-corrected chi connectivity index (χ2v) is 6.43. The lowest BCUT2D eigenvalue weighted by atomic mass is 10.0. The van der Waals surface area contributed by atoms with E-state index in [1.165, 1.54) is 11.3 Å². The van der Waals surface area contributed by atoms with Gasteiger partial charge in [0.15, 0.2) is 0 Å². The Morgan fingerprint density at radius 2 is 2.05 bits per heavy atom. The summed E-state index contributed by atoms with van der Waals surface area (Å²) in [7, 11) is 0. The molecule has 0 unspecified atom stereocenters. The van der Waals surface area contributed by atoms with Crippen molar-refractivity contribution in [2.75, 3.05) is 0 Å². The Morgan fingerprint density at radius 1 is 1.26 bits per heavy atom. The first-order chi connectivity index (χ1) is 9.11. The number of hydrogen-bond acceptors (Lipinski definition) is 2. The number of rotatable bonds is 3. The molecule has 2 aromatic rings. The maximum atomic E-state index is 12.1. The Kier molecular flexibility index (Phi) is 3.29. The molecule has 1 amide bonds. The molecule has 5 heteroatoms. The highest BCUT2D eigenvalue weighted by atomic mass is 35.5. The standard InChI is InChI=1S/C14H11Cl2NOS/c15-9-3-4-10(11(16)8-9)14(5-6-14)17-13(18)12-2-1-7-19-12/h1-4,7-8H,5-6H2,(H,17,18). The average Bonchev–Trinajstić information content (AvgIpc) is 2.93. The van der Waals surface area contributed by atoms with Crippen molar-refractivity contribution < 1.29 is 4.79 Å². The van der Waals surface area contributed by atoms with Crippen molar-refractivity contribution in [1.82, 2.24) is 5.32 Å². The number of carbonyl (C=O) groups excluding carboxylic acids is 1. The molecule has 1 N–H and O–H groups in total. The number of amides is 1. The summed E-state index contributed by atoms with van der Waals surface area (Å²) in [5.74, 6) is -0.0430. The molecule has 1 aromatic carbocycles. The molecule has 1 fully saturated rings. The predicted molar refractivity (Wildman–Crippen MR) is 79.2 cm³/mol. The summed E-state index contributed by atoms with van der Waals surface area (Å²) in [6, 6.07) is 9.11. The molecule has 0 saturated heterocycles. The van der Waals surface area contributed by atoms with Gasteiger partial charge in [-0.25, -0.2) is 0 Å². The van der Waals surface area contributed by atoms with Gasteiger partial charge in [0, 0.05) is 10.0 Å². The van der Waals surface area contributed by atoms with E-state index in [9.17, 15) is 4.79 Å². The van der Waals surface area contributed by atoms with E-state index in [0.717, 1.165) is 23.3 Å². The Hall–Kier alpha value is -1.03. The molecule has 1 aliphatic carbocycles. The zero-order valence-electron chi connectivity index (χ0n) is 9.95. The Balaban J connectivity index is 1.86. The van der Waals surface area contributed by atoms with Gasteiger partial charge in [0.25, 0.3) is 5.91 Å². The van der Waals surface area contributed by atoms with Crippen molar-refractivity contribution in [2.24, 2.45) is 0 Å². The van der Waals surface area contributed by atoms with Crippen LogP contribution < -0.4 is 5.32 Å². The SMILES string of the molecule is O=C(NC1(c2ccc(Cl)cc2Cl)CC1)c1cccs1. The molecule has 0 bridgehead atoms. The third-order valence-corrected chi connectivity index (χ3v) is 4.71. The van der Waals surface area contributed by atoms with Crippen LogP contribution in [-0.2, 0) is 5.54 Å². The first kappa shape index (κ1) is 13.0. The van der Waals surface area contributed by atoms with Crippen molar-refractivity contribution in [1.29, 1.82) is 0 Å². The third kappa shape index (κ3) is 2.50. The van der Waals surface area contributed by atoms with Crippen molar-refractivity contribution >= 4 is 40.4 Å². The largest absolute Gasteiger partial charge is 0.342 e. The van der Waals surface area contributed by atoms with E-state index in [1.54, 1.807) is 12.1 Å². The van der Waals surface area contributed by atoms with Crippen molar-refractivity contribution in [3.63, 3.8) is 0 Å². The zero-order chi connectivity index (χ0) is 13.5. The smallest absolute Gasteiger partial charge is 0.262 e. The van der Waals surface area contributed by atoms with E-state index in [0.29, 0.717) is 10.0 Å². The minimum Gasteiger partial charge on any atom is -0.342 e. The quantitative estimate of drug-likeness (QED) is 0.890. The summed E-state index contributed by atoms with van der Waals surface area (Å²) >= 11 is 13.6. The normalized spacial score (nSPS) is 16.1. The fourth-order valence-electron chi connectivity index (χ4n) is 2.15. The highest BCUT2D eigenvalue weighted by molar-refractivity contribution is 7.12. The molecular formula is C14H11Cl2NOS.